The van der Waals surface area contributed by atoms with E-state index in [0.717, 1.165) is 50.8 Å². The van der Waals surface area contributed by atoms with Crippen LogP contribution in [0.4, 0.5) is 22.7 Å². The van der Waals surface area contributed by atoms with E-state index in [1.165, 1.54) is 55.6 Å². The van der Waals surface area contributed by atoms with Crippen LogP contribution in [0.3, 0.4) is 0 Å². The zero-order valence-electron chi connectivity index (χ0n) is 44.0. The Labute approximate surface area is 432 Å². The molecule has 364 valence electrons. The van der Waals surface area contributed by atoms with E-state index in [2.05, 4.69) is 284 Å². The van der Waals surface area contributed by atoms with Crippen molar-refractivity contribution in [2.45, 2.75) is 90.9 Å². The first kappa shape index (κ1) is 47.4. The lowest BCUT2D eigenvalue weighted by Crippen LogP contribution is -2.25. The van der Waals surface area contributed by atoms with Crippen LogP contribution in [0.1, 0.15) is 103 Å². The Balaban J connectivity index is 0.989. The van der Waals surface area contributed by atoms with Gasteiger partial charge in [-0.05, 0) is 128 Å². The fourth-order valence-electron chi connectivity index (χ4n) is 10.7. The number of benzene rings is 8. The van der Waals surface area contributed by atoms with Crippen LogP contribution in [0.25, 0.3) is 38.8 Å². The van der Waals surface area contributed by atoms with Crippen molar-refractivity contribution in [3.63, 3.8) is 0 Å². The molecular weight excluding hydrogens is 889 g/mol. The second-order valence-electron chi connectivity index (χ2n) is 23.1. The van der Waals surface area contributed by atoms with Gasteiger partial charge in [-0.1, -0.05) is 184 Å². The van der Waals surface area contributed by atoms with Gasteiger partial charge in [0, 0.05) is 51.3 Å². The SMILES string of the molecule is CC(C)(C)c1ccc2c(c1)N(c1cc(-c3ccccc3)cc(C(C)(C)c3ccccc3)c1)CN2c1cccc(Oc2ccc3c4cc(C(C)(C)C)ccc4n(-c4cc(C(C)(C)c5ccccc5)ccn4)c3c2)c1. The lowest BCUT2D eigenvalue weighted by Gasteiger charge is -2.30. The van der Waals surface area contributed by atoms with E-state index in [1.807, 2.05) is 6.20 Å². The Hall–Kier alpha value is -7.89. The summed E-state index contributed by atoms with van der Waals surface area (Å²) in [6, 6.07) is 72.9. The lowest BCUT2D eigenvalue weighted by atomic mass is 9.77. The number of ether oxygens (including phenoxy) is 1. The van der Waals surface area contributed by atoms with Gasteiger partial charge < -0.3 is 14.5 Å². The Bertz CT molecular complexity index is 3650. The van der Waals surface area contributed by atoms with Gasteiger partial charge in [0.15, 0.2) is 0 Å². The molecule has 1 aliphatic rings. The standard InChI is InChI=1S/C68H66N4O/c1-65(2,3)50-29-33-60-59(40-50)58-32-31-57(44-62(58)72(60)64-42-52(35-36-69-64)67(7,8)48-23-16-12-17-24-48)73-56-28-20-27-54(43-56)70-45-71(63-41-51(66(4,5)6)30-34-61(63)70)55-38-47(46-21-14-11-15-22-46)37-53(39-55)68(9,10)49-25-18-13-19-26-49/h11-44H,45H2,1-10H3. The van der Waals surface area contributed by atoms with Crippen molar-refractivity contribution in [3.05, 3.63) is 240 Å². The number of anilines is 4. The molecular formula is C68H66N4O. The van der Waals surface area contributed by atoms with Gasteiger partial charge in [0.1, 0.15) is 24.0 Å². The van der Waals surface area contributed by atoms with E-state index >= 15 is 0 Å². The van der Waals surface area contributed by atoms with Gasteiger partial charge in [0.05, 0.1) is 22.4 Å². The zero-order chi connectivity index (χ0) is 50.9. The number of fused-ring (bicyclic) bond motifs is 4. The van der Waals surface area contributed by atoms with Crippen molar-refractivity contribution in [2.24, 2.45) is 0 Å². The van der Waals surface area contributed by atoms with Crippen LogP contribution >= 0.6 is 0 Å². The van der Waals surface area contributed by atoms with Gasteiger partial charge in [0.25, 0.3) is 0 Å². The van der Waals surface area contributed by atoms with Gasteiger partial charge in [-0.2, -0.15) is 0 Å². The number of nitrogens with zero attached hydrogens (tertiary/aromatic N) is 4. The highest BCUT2D eigenvalue weighted by molar-refractivity contribution is 6.10. The van der Waals surface area contributed by atoms with Crippen molar-refractivity contribution in [1.82, 2.24) is 9.55 Å². The second kappa shape index (κ2) is 18.0. The first-order chi connectivity index (χ1) is 34.9. The summed E-state index contributed by atoms with van der Waals surface area (Å²) in [7, 11) is 0. The molecule has 0 saturated carbocycles. The Kier molecular flexibility index (Phi) is 11.7. The normalized spacial score (nSPS) is 13.2. The smallest absolute Gasteiger partial charge is 0.137 e. The molecule has 0 atom stereocenters. The number of rotatable bonds is 10. The third-order valence-corrected chi connectivity index (χ3v) is 15.4. The molecule has 0 saturated heterocycles. The molecule has 73 heavy (non-hydrogen) atoms. The van der Waals surface area contributed by atoms with Crippen molar-refractivity contribution < 1.29 is 4.74 Å². The third-order valence-electron chi connectivity index (χ3n) is 15.4. The highest BCUT2D eigenvalue weighted by Gasteiger charge is 2.33. The topological polar surface area (TPSA) is 33.5 Å². The summed E-state index contributed by atoms with van der Waals surface area (Å²) in [6.07, 6.45) is 1.95. The summed E-state index contributed by atoms with van der Waals surface area (Å²) in [5, 5.41) is 2.36. The first-order valence-corrected chi connectivity index (χ1v) is 25.8. The molecule has 5 heteroatoms. The first-order valence-electron chi connectivity index (χ1n) is 25.8. The van der Waals surface area contributed by atoms with Gasteiger partial charge in [-0.15, -0.1) is 0 Å². The highest BCUT2D eigenvalue weighted by Crippen LogP contribution is 2.49. The molecule has 0 N–H and O–H groups in total. The number of pyridine rings is 1. The van der Waals surface area contributed by atoms with E-state index < -0.39 is 0 Å². The Morgan fingerprint density at radius 1 is 0.384 bits per heavy atom. The minimum absolute atomic E-state index is 0.00918. The largest absolute Gasteiger partial charge is 0.457 e. The molecule has 0 amide bonds. The number of hydrogen-bond donors (Lipinski definition) is 0. The highest BCUT2D eigenvalue weighted by atomic mass is 16.5. The van der Waals surface area contributed by atoms with E-state index in [4.69, 9.17) is 9.72 Å². The molecule has 0 radical (unpaired) electrons. The molecule has 10 aromatic rings. The molecule has 0 bridgehead atoms. The van der Waals surface area contributed by atoms with Crippen molar-refractivity contribution >= 4 is 44.6 Å². The molecule has 2 aromatic heterocycles. The third kappa shape index (κ3) is 8.86. The number of aromatic nitrogens is 2. The molecule has 0 aliphatic carbocycles. The predicted octanol–water partition coefficient (Wildman–Crippen LogP) is 18.1. The van der Waals surface area contributed by atoms with Crippen LogP contribution in [-0.2, 0) is 21.7 Å². The quantitative estimate of drug-likeness (QED) is 0.137. The van der Waals surface area contributed by atoms with E-state index in [0.29, 0.717) is 6.67 Å². The van der Waals surface area contributed by atoms with E-state index in [1.54, 1.807) is 0 Å². The lowest BCUT2D eigenvalue weighted by molar-refractivity contribution is 0.483. The molecule has 0 spiro atoms. The summed E-state index contributed by atoms with van der Waals surface area (Å²) in [4.78, 5) is 9.98. The van der Waals surface area contributed by atoms with Crippen LogP contribution in [0.5, 0.6) is 11.5 Å². The van der Waals surface area contributed by atoms with Crippen molar-refractivity contribution in [1.29, 1.82) is 0 Å². The maximum Gasteiger partial charge on any atom is 0.137 e. The van der Waals surface area contributed by atoms with Crippen LogP contribution in [0, 0.1) is 0 Å². The molecule has 0 fully saturated rings. The monoisotopic (exact) mass is 955 g/mol. The average molecular weight is 955 g/mol. The molecule has 11 rings (SSSR count). The second-order valence-corrected chi connectivity index (χ2v) is 23.1. The van der Waals surface area contributed by atoms with Gasteiger partial charge >= 0.3 is 0 Å². The summed E-state index contributed by atoms with van der Waals surface area (Å²) in [5.41, 5.74) is 16.2. The summed E-state index contributed by atoms with van der Waals surface area (Å²) in [6.45, 7) is 23.6. The zero-order valence-corrected chi connectivity index (χ0v) is 44.0. The van der Waals surface area contributed by atoms with Gasteiger partial charge in [-0.25, -0.2) is 4.98 Å². The van der Waals surface area contributed by atoms with Crippen LogP contribution in [-0.4, -0.2) is 16.2 Å². The van der Waals surface area contributed by atoms with Crippen LogP contribution < -0.4 is 14.5 Å². The molecule has 5 nitrogen and oxygen atoms in total. The number of hydrogen-bond acceptors (Lipinski definition) is 4. The minimum Gasteiger partial charge on any atom is -0.457 e. The summed E-state index contributed by atoms with van der Waals surface area (Å²) in [5.74, 6) is 2.40. The van der Waals surface area contributed by atoms with Gasteiger partial charge in [-0.3, -0.25) is 4.57 Å². The fourth-order valence-corrected chi connectivity index (χ4v) is 10.7. The molecule has 1 aliphatic heterocycles. The van der Waals surface area contributed by atoms with Crippen LogP contribution in [0.2, 0.25) is 0 Å². The predicted molar refractivity (Wildman–Crippen MR) is 307 cm³/mol. The minimum atomic E-state index is -0.242. The molecule has 3 heterocycles. The molecule has 8 aromatic carbocycles. The Morgan fingerprint density at radius 3 is 1.68 bits per heavy atom. The van der Waals surface area contributed by atoms with Gasteiger partial charge in [0.2, 0.25) is 0 Å². The average Bonchev–Trinajstić information content (AvgIpc) is 3.95. The van der Waals surface area contributed by atoms with E-state index in [9.17, 15) is 0 Å². The molecule has 0 unspecified atom stereocenters. The Morgan fingerprint density at radius 2 is 1.00 bits per heavy atom. The fraction of sp³-hybridized carbons (Fsp3) is 0.221. The maximum atomic E-state index is 6.94. The summed E-state index contributed by atoms with van der Waals surface area (Å²) < 4.78 is 9.25. The van der Waals surface area contributed by atoms with Crippen molar-refractivity contribution in [2.75, 3.05) is 16.5 Å². The summed E-state index contributed by atoms with van der Waals surface area (Å²) >= 11 is 0. The van der Waals surface area contributed by atoms with E-state index in [-0.39, 0.29) is 21.7 Å². The van der Waals surface area contributed by atoms with Crippen LogP contribution in [0.15, 0.2) is 206 Å². The maximum absolute atomic E-state index is 6.94. The van der Waals surface area contributed by atoms with Crippen molar-refractivity contribution in [3.8, 4) is 28.4 Å².